The lowest BCUT2D eigenvalue weighted by atomic mass is 10.0. The van der Waals surface area contributed by atoms with E-state index < -0.39 is 41.8 Å². The lowest BCUT2D eigenvalue weighted by molar-refractivity contribution is -0.142. The number of carbonyl (C=O) groups is 2. The molecule has 0 fully saturated rings. The summed E-state index contributed by atoms with van der Waals surface area (Å²) in [6.07, 6.45) is -6.57. The number of alkyl halides is 6. The Kier molecular flexibility index (Phi) is 12.3. The van der Waals surface area contributed by atoms with Crippen molar-refractivity contribution in [2.45, 2.75) is 71.9 Å². The van der Waals surface area contributed by atoms with Crippen LogP contribution in [0.3, 0.4) is 0 Å². The van der Waals surface area contributed by atoms with Gasteiger partial charge in [0.1, 0.15) is 17.1 Å². The molecule has 7 aromatic rings. The van der Waals surface area contributed by atoms with Crippen LogP contribution in [0, 0.1) is 20.8 Å². The van der Waals surface area contributed by atoms with Crippen LogP contribution in [0.2, 0.25) is 0 Å². The van der Waals surface area contributed by atoms with Crippen molar-refractivity contribution in [1.29, 1.82) is 0 Å². The first kappa shape index (κ1) is 43.9. The molecule has 10 nitrogen and oxygen atoms in total. The number of benzene rings is 2. The Labute approximate surface area is 345 Å². The second kappa shape index (κ2) is 17.1. The van der Waals surface area contributed by atoms with E-state index in [4.69, 9.17) is 4.74 Å². The van der Waals surface area contributed by atoms with Gasteiger partial charge in [-0.15, -0.1) is 0 Å². The maximum Gasteiger partial charge on any atom is 0.433 e. The predicted molar refractivity (Wildman–Crippen MR) is 217 cm³/mol. The van der Waals surface area contributed by atoms with Gasteiger partial charge in [-0.05, 0) is 94.6 Å². The van der Waals surface area contributed by atoms with Crippen LogP contribution in [0.25, 0.3) is 21.8 Å². The van der Waals surface area contributed by atoms with Crippen LogP contribution in [-0.2, 0) is 18.8 Å². The van der Waals surface area contributed by atoms with Crippen molar-refractivity contribution in [2.24, 2.45) is 0 Å². The highest BCUT2D eigenvalue weighted by atomic mass is 19.4. The molecule has 5 aromatic heterocycles. The Balaban J connectivity index is 0.000000218. The first-order valence-electron chi connectivity index (χ1n) is 19.0. The van der Waals surface area contributed by atoms with E-state index in [2.05, 4.69) is 15.0 Å². The molecule has 0 bridgehead atoms. The molecule has 7 rings (SSSR count). The molecule has 0 saturated heterocycles. The average Bonchev–Trinajstić information content (AvgIpc) is 3.68. The maximum atomic E-state index is 13.5. The Hall–Kier alpha value is -6.71. The quantitative estimate of drug-likeness (QED) is 0.103. The minimum absolute atomic E-state index is 0.0687. The molecule has 2 atom stereocenters. The number of carbonyl (C=O) groups excluding carboxylic acids is 1. The number of aryl methyl sites for hydroxylation is 1. The first-order chi connectivity index (χ1) is 28.7. The van der Waals surface area contributed by atoms with E-state index in [0.717, 1.165) is 30.0 Å². The summed E-state index contributed by atoms with van der Waals surface area (Å²) in [5.41, 5.74) is 2.83. The summed E-state index contributed by atoms with van der Waals surface area (Å²) in [4.78, 5) is 47.1. The average molecular weight is 846 g/mol. The lowest BCUT2D eigenvalue weighted by Gasteiger charge is -2.19. The van der Waals surface area contributed by atoms with Crippen LogP contribution in [0.1, 0.15) is 98.2 Å². The number of aromatic amines is 1. The van der Waals surface area contributed by atoms with E-state index in [1.165, 1.54) is 13.2 Å². The summed E-state index contributed by atoms with van der Waals surface area (Å²) in [6.45, 7) is 8.72. The molecule has 0 aliphatic carbocycles. The van der Waals surface area contributed by atoms with Gasteiger partial charge in [0.25, 0.3) is 5.56 Å². The largest absolute Gasteiger partial charge is 0.496 e. The first-order valence-corrected chi connectivity index (χ1v) is 19.0. The van der Waals surface area contributed by atoms with Gasteiger partial charge in [-0.3, -0.25) is 19.6 Å². The van der Waals surface area contributed by atoms with Gasteiger partial charge in [-0.25, -0.2) is 4.79 Å². The van der Waals surface area contributed by atoms with Crippen molar-refractivity contribution in [1.82, 2.24) is 24.1 Å². The molecule has 2 aromatic carbocycles. The topological polar surface area (TPSA) is 132 Å². The molecule has 5 heterocycles. The predicted octanol–water partition coefficient (Wildman–Crippen LogP) is 10.5. The monoisotopic (exact) mass is 845 g/mol. The molecular formula is C45H41F6N5O5. The summed E-state index contributed by atoms with van der Waals surface area (Å²) in [6, 6.07) is 20.1. The number of halogens is 6. The zero-order chi connectivity index (χ0) is 44.6. The van der Waals surface area contributed by atoms with Crippen LogP contribution < -0.4 is 10.3 Å². The number of pyridine rings is 3. The van der Waals surface area contributed by atoms with Gasteiger partial charge < -0.3 is 24.0 Å². The smallest absolute Gasteiger partial charge is 0.433 e. The van der Waals surface area contributed by atoms with Crippen LogP contribution >= 0.6 is 0 Å². The highest BCUT2D eigenvalue weighted by Gasteiger charge is 2.34. The summed E-state index contributed by atoms with van der Waals surface area (Å²) in [7, 11) is 1.47. The summed E-state index contributed by atoms with van der Waals surface area (Å²) >= 11 is 0. The maximum absolute atomic E-state index is 13.5. The van der Waals surface area contributed by atoms with Crippen molar-refractivity contribution < 1.29 is 45.8 Å². The number of rotatable bonds is 10. The fourth-order valence-corrected chi connectivity index (χ4v) is 7.89. The molecule has 0 aliphatic rings. The Morgan fingerprint density at radius 3 is 1.66 bits per heavy atom. The molecule has 2 unspecified atom stereocenters. The lowest BCUT2D eigenvalue weighted by Crippen LogP contribution is -2.17. The number of hydrogen-bond donors (Lipinski definition) is 2. The molecule has 0 spiro atoms. The highest BCUT2D eigenvalue weighted by Crippen LogP contribution is 2.36. The van der Waals surface area contributed by atoms with Gasteiger partial charge in [0.05, 0.1) is 30.3 Å². The van der Waals surface area contributed by atoms with Crippen LogP contribution in [0.15, 0.2) is 96.1 Å². The summed E-state index contributed by atoms with van der Waals surface area (Å²) in [5.74, 6) is -0.803. The number of fused-ring (bicyclic) bond motifs is 2. The number of nitrogens with zero attached hydrogens (tertiary/aromatic N) is 4. The third-order valence-corrected chi connectivity index (χ3v) is 10.7. The number of Topliss-reactive ketones (excluding diaryl/α,β-unsaturated/α-hetero) is 1. The standard InChI is InChI=1S/C27H26F3N3O3.C18H15F3N2O2/c1-15-13-23(36-4)20(26(35)32-15)9-10-22(34)25-17(3)33(21-8-6-5-7-19(21)25)16(2)18-11-12-31-24(14-18)27(28,29)30;1-10(12-7-8-22-15(9-12)18(19,20)21)23-11(2)16(17(24)25)13-5-3-4-6-14(13)23/h5-8,11-14,16H,9-10H2,1-4H3,(H,32,35);3-10H,1-2H3,(H,24,25). The number of H-pyrrole nitrogens is 1. The Morgan fingerprint density at radius 1 is 0.738 bits per heavy atom. The van der Waals surface area contributed by atoms with Gasteiger partial charge in [-0.1, -0.05) is 36.4 Å². The van der Waals surface area contributed by atoms with Crippen LogP contribution in [0.5, 0.6) is 5.75 Å². The molecule has 61 heavy (non-hydrogen) atoms. The van der Waals surface area contributed by atoms with E-state index in [0.29, 0.717) is 61.4 Å². The number of methoxy groups -OCH3 is 1. The zero-order valence-corrected chi connectivity index (χ0v) is 33.9. The number of nitrogens with one attached hydrogen (secondary N) is 1. The number of aromatic nitrogens is 5. The van der Waals surface area contributed by atoms with E-state index in [9.17, 15) is 45.8 Å². The summed E-state index contributed by atoms with van der Waals surface area (Å²) < 4.78 is 87.5. The third-order valence-electron chi connectivity index (χ3n) is 10.7. The van der Waals surface area contributed by atoms with Crippen molar-refractivity contribution in [2.75, 3.05) is 7.11 Å². The second-order valence-electron chi connectivity index (χ2n) is 14.5. The van der Waals surface area contributed by atoms with Crippen molar-refractivity contribution in [3.63, 3.8) is 0 Å². The molecule has 0 amide bonds. The SMILES string of the molecule is COc1cc(C)[nH]c(=O)c1CCC(=O)c1c(C)n(C(C)c2ccnc(C(F)(F)F)c2)c2ccccc12.Cc1c(C(=O)O)c2ccccc2n1C(C)c1ccnc(C(F)(F)F)c1. The molecule has 0 radical (unpaired) electrons. The number of hydrogen-bond acceptors (Lipinski definition) is 6. The van der Waals surface area contributed by atoms with E-state index in [1.807, 2.05) is 28.8 Å². The molecule has 318 valence electrons. The summed E-state index contributed by atoms with van der Waals surface area (Å²) in [5, 5.41) is 10.8. The van der Waals surface area contributed by atoms with Gasteiger partial charge in [0.2, 0.25) is 0 Å². The highest BCUT2D eigenvalue weighted by molar-refractivity contribution is 6.09. The molecule has 16 heteroatoms. The number of ketones is 1. The van der Waals surface area contributed by atoms with Gasteiger partial charge in [0.15, 0.2) is 5.78 Å². The van der Waals surface area contributed by atoms with Gasteiger partial charge in [-0.2, -0.15) is 26.3 Å². The Bertz CT molecular complexity index is 2840. The van der Waals surface area contributed by atoms with Gasteiger partial charge in [0, 0.05) is 63.3 Å². The molecule has 0 aliphatic heterocycles. The van der Waals surface area contributed by atoms with E-state index in [-0.39, 0.29) is 29.7 Å². The number of carboxylic acid groups (broad SMARTS) is 1. The molecule has 2 N–H and O–H groups in total. The fraction of sp³-hybridized carbons (Fsp3) is 0.267. The van der Waals surface area contributed by atoms with Crippen LogP contribution in [-0.4, -0.2) is 48.1 Å². The van der Waals surface area contributed by atoms with Gasteiger partial charge >= 0.3 is 18.3 Å². The minimum Gasteiger partial charge on any atom is -0.496 e. The fourth-order valence-electron chi connectivity index (χ4n) is 7.89. The van der Waals surface area contributed by atoms with E-state index in [1.54, 1.807) is 75.6 Å². The molecular weight excluding hydrogens is 805 g/mol. The molecule has 0 saturated carbocycles. The van der Waals surface area contributed by atoms with Crippen molar-refractivity contribution in [3.8, 4) is 5.75 Å². The number of para-hydroxylation sites is 2. The van der Waals surface area contributed by atoms with Crippen LogP contribution in [0.4, 0.5) is 26.3 Å². The minimum atomic E-state index is -4.56. The number of carboxylic acids is 1. The Morgan fingerprint density at radius 2 is 1.20 bits per heavy atom. The normalized spacial score (nSPS) is 12.9. The number of ether oxygens (including phenoxy) is 1. The zero-order valence-electron chi connectivity index (χ0n) is 33.9. The third kappa shape index (κ3) is 8.79. The van der Waals surface area contributed by atoms with Crippen molar-refractivity contribution >= 4 is 33.6 Å². The number of aromatic carboxylic acids is 1. The van der Waals surface area contributed by atoms with E-state index >= 15 is 0 Å². The second-order valence-corrected chi connectivity index (χ2v) is 14.5. The van der Waals surface area contributed by atoms with Crippen molar-refractivity contribution in [3.05, 3.63) is 158 Å².